The topological polar surface area (TPSA) is 46.5 Å². The van der Waals surface area contributed by atoms with Crippen molar-refractivity contribution in [3.8, 4) is 0 Å². The van der Waals surface area contributed by atoms with Crippen LogP contribution in [0.15, 0.2) is 12.7 Å². The predicted octanol–water partition coefficient (Wildman–Crippen LogP) is 0.495. The van der Waals surface area contributed by atoms with Crippen LogP contribution in [0.2, 0.25) is 13.1 Å². The first-order valence-electron chi connectivity index (χ1n) is 3.46. The Morgan fingerprint density at radius 1 is 1.73 bits per heavy atom. The number of rotatable bonds is 5. The van der Waals surface area contributed by atoms with Crippen molar-refractivity contribution >= 4 is 13.7 Å². The van der Waals surface area contributed by atoms with Gasteiger partial charge in [0, 0.05) is 0 Å². The number of allylic oxidation sites excluding steroid dienone is 1. The van der Waals surface area contributed by atoms with Crippen molar-refractivity contribution in [3.05, 3.63) is 12.7 Å². The Bertz CT molecular complexity index is 154. The maximum Gasteiger partial charge on any atom is 0.264 e. The molecule has 0 heterocycles. The van der Waals surface area contributed by atoms with Crippen molar-refractivity contribution in [2.24, 2.45) is 0 Å². The molecular weight excluding hydrogens is 160 g/mol. The summed E-state index contributed by atoms with van der Waals surface area (Å²) in [6.07, 6.45) is 1.28. The normalized spacial score (nSPS) is 11.2. The van der Waals surface area contributed by atoms with Gasteiger partial charge in [-0.2, -0.15) is 0 Å². The maximum atomic E-state index is 11.1. The Morgan fingerprint density at radius 3 is 2.64 bits per heavy atom. The predicted molar refractivity (Wildman–Crippen MR) is 45.7 cm³/mol. The van der Waals surface area contributed by atoms with Crippen LogP contribution in [0.25, 0.3) is 0 Å². The fourth-order valence-electron chi connectivity index (χ4n) is 0.618. The van der Waals surface area contributed by atoms with Gasteiger partial charge in [0.25, 0.3) is 8.32 Å². The summed E-state index contributed by atoms with van der Waals surface area (Å²) in [6, 6.07) is 0. The highest BCUT2D eigenvalue weighted by atomic mass is 28.4. The number of hydrogen-bond donors (Lipinski definition) is 1. The number of aliphatic hydroxyl groups is 1. The summed E-state index contributed by atoms with van der Waals surface area (Å²) < 4.78 is 5.20. The van der Waals surface area contributed by atoms with Crippen molar-refractivity contribution in [1.82, 2.24) is 0 Å². The summed E-state index contributed by atoms with van der Waals surface area (Å²) >= 11 is 0. The fourth-order valence-corrected chi connectivity index (χ4v) is 1.85. The second-order valence-electron chi connectivity index (χ2n) is 2.65. The van der Waals surface area contributed by atoms with Crippen LogP contribution in [0.3, 0.4) is 0 Å². The number of carbonyl (C=O) groups excluding carboxylic acids is 1. The van der Waals surface area contributed by atoms with Gasteiger partial charge in [0.2, 0.25) is 0 Å². The molecule has 3 nitrogen and oxygen atoms in total. The third kappa shape index (κ3) is 3.45. The molecule has 0 bridgehead atoms. The van der Waals surface area contributed by atoms with Crippen molar-refractivity contribution in [2.45, 2.75) is 13.1 Å². The van der Waals surface area contributed by atoms with Gasteiger partial charge in [-0.3, -0.25) is 4.79 Å². The van der Waals surface area contributed by atoms with Gasteiger partial charge in [-0.15, -0.1) is 0 Å². The molecule has 0 rings (SSSR count). The summed E-state index contributed by atoms with van der Waals surface area (Å²) in [5, 5.41) is 8.41. The molecule has 0 saturated carbocycles. The van der Waals surface area contributed by atoms with E-state index in [1.807, 2.05) is 0 Å². The number of carbonyl (C=O) groups is 1. The van der Waals surface area contributed by atoms with E-state index in [0.717, 1.165) is 0 Å². The van der Waals surface area contributed by atoms with E-state index in [9.17, 15) is 4.79 Å². The molecular formula is C7H14O3Si. The summed E-state index contributed by atoms with van der Waals surface area (Å²) in [6.45, 7) is 7.14. The van der Waals surface area contributed by atoms with E-state index < -0.39 is 8.32 Å². The third-order valence-corrected chi connectivity index (χ3v) is 3.65. The molecule has 0 unspecified atom stereocenters. The molecule has 0 aromatic rings. The molecule has 0 aliphatic rings. The average Bonchev–Trinajstić information content (AvgIpc) is 1.99. The van der Waals surface area contributed by atoms with Crippen molar-refractivity contribution in [1.29, 1.82) is 0 Å². The van der Waals surface area contributed by atoms with Gasteiger partial charge in [-0.25, -0.2) is 0 Å². The Morgan fingerprint density at radius 2 is 2.27 bits per heavy atom. The lowest BCUT2D eigenvalue weighted by molar-refractivity contribution is -0.109. The van der Waals surface area contributed by atoms with Crippen LogP contribution in [0.5, 0.6) is 0 Å². The highest BCUT2D eigenvalue weighted by Crippen LogP contribution is 2.05. The van der Waals surface area contributed by atoms with Crippen LogP contribution in [-0.2, 0) is 9.22 Å². The highest BCUT2D eigenvalue weighted by Gasteiger charge is 2.29. The van der Waals surface area contributed by atoms with E-state index in [1.165, 1.54) is 6.08 Å². The smallest absolute Gasteiger partial charge is 0.264 e. The van der Waals surface area contributed by atoms with Gasteiger partial charge in [0.1, 0.15) is 0 Å². The van der Waals surface area contributed by atoms with Crippen molar-refractivity contribution in [3.63, 3.8) is 0 Å². The summed E-state index contributed by atoms with van der Waals surface area (Å²) in [5.41, 5.74) is 0. The van der Waals surface area contributed by atoms with Crippen LogP contribution in [0, 0.1) is 0 Å². The van der Waals surface area contributed by atoms with Gasteiger partial charge in [0.15, 0.2) is 5.41 Å². The first kappa shape index (κ1) is 10.5. The Labute approximate surface area is 67.8 Å². The zero-order chi connectivity index (χ0) is 8.91. The molecule has 0 fully saturated rings. The molecule has 0 aromatic carbocycles. The van der Waals surface area contributed by atoms with E-state index in [1.54, 1.807) is 13.1 Å². The molecule has 1 N–H and O–H groups in total. The third-order valence-electron chi connectivity index (χ3n) is 1.33. The van der Waals surface area contributed by atoms with Crippen molar-refractivity contribution in [2.75, 3.05) is 13.2 Å². The minimum absolute atomic E-state index is 0.0362. The molecule has 0 aliphatic heterocycles. The van der Waals surface area contributed by atoms with Crippen LogP contribution in [0.1, 0.15) is 0 Å². The molecule has 4 heteroatoms. The van der Waals surface area contributed by atoms with Gasteiger partial charge in [-0.1, -0.05) is 6.58 Å². The monoisotopic (exact) mass is 174 g/mol. The van der Waals surface area contributed by atoms with Crippen LogP contribution >= 0.6 is 0 Å². The second kappa shape index (κ2) is 4.43. The molecule has 0 radical (unpaired) electrons. The minimum Gasteiger partial charge on any atom is -0.407 e. The van der Waals surface area contributed by atoms with Crippen LogP contribution < -0.4 is 0 Å². The first-order chi connectivity index (χ1) is 5.04. The summed E-state index contributed by atoms with van der Waals surface area (Å²) in [4.78, 5) is 11.1. The molecule has 0 spiro atoms. The molecule has 11 heavy (non-hydrogen) atoms. The summed E-state index contributed by atoms with van der Waals surface area (Å²) in [5.74, 6) is 0. The number of hydrogen-bond acceptors (Lipinski definition) is 3. The van der Waals surface area contributed by atoms with E-state index in [4.69, 9.17) is 9.53 Å². The molecule has 0 aliphatic carbocycles. The van der Waals surface area contributed by atoms with Gasteiger partial charge < -0.3 is 9.53 Å². The minimum atomic E-state index is -2.24. The van der Waals surface area contributed by atoms with E-state index in [-0.39, 0.29) is 18.6 Å². The van der Waals surface area contributed by atoms with Gasteiger partial charge >= 0.3 is 0 Å². The standard InChI is InChI=1S/C7H14O3Si/c1-4-7(9)11(2,3)10-6-5-8/h4,8H,1,5-6H2,2-3H3. The molecule has 64 valence electrons. The highest BCUT2D eigenvalue weighted by molar-refractivity contribution is 7.01. The first-order valence-corrected chi connectivity index (χ1v) is 6.37. The Balaban J connectivity index is 3.98. The van der Waals surface area contributed by atoms with Crippen molar-refractivity contribution < 1.29 is 14.3 Å². The summed E-state index contributed by atoms with van der Waals surface area (Å²) in [7, 11) is -2.24. The van der Waals surface area contributed by atoms with Gasteiger partial charge in [-0.05, 0) is 19.2 Å². The number of aliphatic hydroxyl groups excluding tert-OH is 1. The largest absolute Gasteiger partial charge is 0.407 e. The zero-order valence-electron chi connectivity index (χ0n) is 6.96. The quantitative estimate of drug-likeness (QED) is 0.487. The molecule has 0 atom stereocenters. The lowest BCUT2D eigenvalue weighted by atomic mass is 10.7. The van der Waals surface area contributed by atoms with E-state index >= 15 is 0 Å². The Hall–Kier alpha value is -0.453. The maximum absolute atomic E-state index is 11.1. The van der Waals surface area contributed by atoms with Crippen LogP contribution in [0.4, 0.5) is 0 Å². The second-order valence-corrected chi connectivity index (χ2v) is 6.45. The lowest BCUT2D eigenvalue weighted by Crippen LogP contribution is -2.40. The lowest BCUT2D eigenvalue weighted by Gasteiger charge is -2.18. The van der Waals surface area contributed by atoms with E-state index in [0.29, 0.717) is 0 Å². The zero-order valence-corrected chi connectivity index (χ0v) is 7.96. The SMILES string of the molecule is C=CC(=O)[Si](C)(C)OCCO. The average molecular weight is 174 g/mol. The molecule has 0 saturated heterocycles. The van der Waals surface area contributed by atoms with E-state index in [2.05, 4.69) is 6.58 Å². The molecule has 0 aromatic heterocycles. The molecule has 0 amide bonds. The Kier molecular flexibility index (Phi) is 4.25. The van der Waals surface area contributed by atoms with Crippen LogP contribution in [-0.4, -0.2) is 32.0 Å². The fraction of sp³-hybridized carbons (Fsp3) is 0.571. The van der Waals surface area contributed by atoms with Gasteiger partial charge in [0.05, 0.1) is 13.2 Å².